The summed E-state index contributed by atoms with van der Waals surface area (Å²) in [5.74, 6) is 7.80. The summed E-state index contributed by atoms with van der Waals surface area (Å²) in [4.78, 5) is 26.0. The Bertz CT molecular complexity index is 1160. The largest absolute Gasteiger partial charge is 0.308 e. The molecule has 0 saturated carbocycles. The molecule has 8 nitrogen and oxygen atoms in total. The smallest absolute Gasteiger partial charge is 0.264 e. The maximum Gasteiger partial charge on any atom is 0.264 e. The van der Waals surface area contributed by atoms with Crippen LogP contribution in [0.4, 0.5) is 5.82 Å². The van der Waals surface area contributed by atoms with Gasteiger partial charge in [-0.05, 0) is 68.3 Å². The molecule has 1 aromatic carbocycles. The Hall–Kier alpha value is -3.46. The molecular weight excluding hydrogens is 390 g/mol. The Labute approximate surface area is 180 Å². The molecule has 156 valence electrons. The van der Waals surface area contributed by atoms with Crippen LogP contribution in [0.5, 0.6) is 0 Å². The van der Waals surface area contributed by atoms with E-state index in [-0.39, 0.29) is 16.5 Å². The molecule has 31 heavy (non-hydrogen) atoms. The summed E-state index contributed by atoms with van der Waals surface area (Å²) in [5.41, 5.74) is 4.25. The van der Waals surface area contributed by atoms with Crippen molar-refractivity contribution in [3.63, 3.8) is 0 Å². The number of fused-ring (bicyclic) bond motifs is 1. The highest BCUT2D eigenvalue weighted by molar-refractivity contribution is 6.05. The summed E-state index contributed by atoms with van der Waals surface area (Å²) in [5, 5.41) is 6.33. The lowest BCUT2D eigenvalue weighted by Crippen LogP contribution is -2.53. The summed E-state index contributed by atoms with van der Waals surface area (Å²) in [6, 6.07) is 11.2. The van der Waals surface area contributed by atoms with Gasteiger partial charge in [-0.1, -0.05) is 0 Å². The highest BCUT2D eigenvalue weighted by Gasteiger charge is 2.46. The van der Waals surface area contributed by atoms with E-state index in [9.17, 15) is 4.79 Å². The lowest BCUT2D eigenvalue weighted by molar-refractivity contribution is -0.750. The molecule has 0 bridgehead atoms. The number of nitrogens with zero attached hydrogens (tertiary/aromatic N) is 4. The van der Waals surface area contributed by atoms with E-state index in [4.69, 9.17) is 10.8 Å². The highest BCUT2D eigenvalue weighted by Crippen LogP contribution is 2.34. The molecule has 1 saturated heterocycles. The number of aryl methyl sites for hydroxylation is 1. The van der Waals surface area contributed by atoms with Gasteiger partial charge in [-0.25, -0.2) is 4.98 Å². The van der Waals surface area contributed by atoms with E-state index in [1.807, 2.05) is 37.4 Å². The zero-order valence-corrected chi connectivity index (χ0v) is 17.2. The Morgan fingerprint density at radius 2 is 2.10 bits per heavy atom. The number of aliphatic imine (C=N–C) groups is 2. The van der Waals surface area contributed by atoms with E-state index in [0.29, 0.717) is 17.2 Å². The van der Waals surface area contributed by atoms with Crippen molar-refractivity contribution in [3.05, 3.63) is 83.1 Å². The van der Waals surface area contributed by atoms with Gasteiger partial charge in [-0.2, -0.15) is 10.8 Å². The lowest BCUT2D eigenvalue weighted by Gasteiger charge is -2.26. The van der Waals surface area contributed by atoms with Crippen LogP contribution < -0.4 is 16.5 Å². The van der Waals surface area contributed by atoms with Crippen molar-refractivity contribution >= 4 is 23.8 Å². The van der Waals surface area contributed by atoms with E-state index in [0.717, 1.165) is 41.9 Å². The highest BCUT2D eigenvalue weighted by atomic mass is 16.1. The fourth-order valence-electron chi connectivity index (χ4n) is 4.14. The van der Waals surface area contributed by atoms with Crippen molar-refractivity contribution in [3.8, 4) is 0 Å². The topological polar surface area (TPSA) is 105 Å². The number of quaternary nitrogens is 1. The number of carbonyl (C=O) groups excluding carboxylic acids is 1. The molecule has 0 spiro atoms. The number of hydrogen-bond donors (Lipinski definition) is 3. The molecule has 3 aliphatic heterocycles. The molecule has 2 unspecified atom stereocenters. The molecule has 3 aliphatic rings. The molecule has 2 atom stereocenters. The lowest BCUT2D eigenvalue weighted by atomic mass is 10.1. The second-order valence-electron chi connectivity index (χ2n) is 7.96. The van der Waals surface area contributed by atoms with Crippen molar-refractivity contribution in [2.45, 2.75) is 25.8 Å². The van der Waals surface area contributed by atoms with E-state index in [2.05, 4.69) is 20.6 Å². The van der Waals surface area contributed by atoms with Crippen LogP contribution in [0.2, 0.25) is 0 Å². The Morgan fingerprint density at radius 3 is 2.84 bits per heavy atom. The predicted octanol–water partition coefficient (Wildman–Crippen LogP) is 2.61. The second kappa shape index (κ2) is 7.66. The SMILES string of the molecule is Cc1ccnc(NC(=O)c2ccc(C3=NC(C4CCCN4)=C4C=NC=C[N+]34N)cc2)c1. The van der Waals surface area contributed by atoms with E-state index < -0.39 is 0 Å². The van der Waals surface area contributed by atoms with Crippen LogP contribution in [0.15, 0.2) is 76.4 Å². The van der Waals surface area contributed by atoms with Crippen LogP contribution >= 0.6 is 0 Å². The monoisotopic (exact) mass is 414 g/mol. The first-order valence-electron chi connectivity index (χ1n) is 10.3. The second-order valence-corrected chi connectivity index (χ2v) is 7.96. The first kappa shape index (κ1) is 19.5. The van der Waals surface area contributed by atoms with E-state index >= 15 is 0 Å². The van der Waals surface area contributed by atoms with Gasteiger partial charge in [0.2, 0.25) is 5.70 Å². The maximum atomic E-state index is 12.6. The molecule has 8 heteroatoms. The quantitative estimate of drug-likeness (QED) is 0.528. The van der Waals surface area contributed by atoms with Gasteiger partial charge in [0.15, 0.2) is 0 Å². The van der Waals surface area contributed by atoms with Gasteiger partial charge in [-0.3, -0.25) is 9.79 Å². The molecule has 0 aliphatic carbocycles. The minimum Gasteiger partial charge on any atom is -0.308 e. The van der Waals surface area contributed by atoms with Gasteiger partial charge in [0.25, 0.3) is 11.7 Å². The number of rotatable bonds is 4. The number of nitrogens with one attached hydrogen (secondary N) is 2. The zero-order chi connectivity index (χ0) is 21.4. The van der Waals surface area contributed by atoms with Crippen molar-refractivity contribution < 1.29 is 9.39 Å². The van der Waals surface area contributed by atoms with E-state index in [1.165, 1.54) is 0 Å². The molecule has 4 heterocycles. The van der Waals surface area contributed by atoms with Crippen LogP contribution in [0.3, 0.4) is 0 Å². The minimum absolute atomic E-state index is 0.0181. The first-order chi connectivity index (χ1) is 15.0. The molecular formula is C23H24N7O+. The van der Waals surface area contributed by atoms with Crippen LogP contribution in [0, 0.1) is 6.92 Å². The predicted molar refractivity (Wildman–Crippen MR) is 120 cm³/mol. The number of pyridine rings is 1. The third kappa shape index (κ3) is 3.50. The minimum atomic E-state index is -0.214. The van der Waals surface area contributed by atoms with Crippen LogP contribution in [-0.2, 0) is 0 Å². The molecule has 0 radical (unpaired) electrons. The summed E-state index contributed by atoms with van der Waals surface area (Å²) in [7, 11) is 0. The average molecular weight is 414 g/mol. The third-order valence-corrected chi connectivity index (χ3v) is 5.78. The fraction of sp³-hybridized carbons (Fsp3) is 0.217. The third-order valence-electron chi connectivity index (χ3n) is 5.78. The van der Waals surface area contributed by atoms with Gasteiger partial charge in [0.05, 0.1) is 24.0 Å². The molecule has 1 aromatic heterocycles. The molecule has 5 rings (SSSR count). The number of anilines is 1. The van der Waals surface area contributed by atoms with Crippen LogP contribution in [0.1, 0.15) is 34.3 Å². The van der Waals surface area contributed by atoms with Gasteiger partial charge < -0.3 is 10.6 Å². The van der Waals surface area contributed by atoms with Gasteiger partial charge >= 0.3 is 0 Å². The van der Waals surface area contributed by atoms with Gasteiger partial charge in [0.1, 0.15) is 17.7 Å². The van der Waals surface area contributed by atoms with Gasteiger partial charge in [-0.15, -0.1) is 4.59 Å². The number of carbonyl (C=O) groups is 1. The Balaban J connectivity index is 1.41. The summed E-state index contributed by atoms with van der Waals surface area (Å²) < 4.78 is -0.0181. The normalized spacial score (nSPS) is 24.3. The Morgan fingerprint density at radius 1 is 1.26 bits per heavy atom. The van der Waals surface area contributed by atoms with Gasteiger partial charge in [0, 0.05) is 11.8 Å². The number of allylic oxidation sites excluding steroid dienone is 1. The van der Waals surface area contributed by atoms with Crippen molar-refractivity contribution in [1.29, 1.82) is 0 Å². The summed E-state index contributed by atoms with van der Waals surface area (Å²) >= 11 is 0. The number of amides is 1. The number of nitrogens with two attached hydrogens (primary N) is 1. The maximum absolute atomic E-state index is 12.6. The van der Waals surface area contributed by atoms with Crippen molar-refractivity contribution in [2.24, 2.45) is 15.8 Å². The van der Waals surface area contributed by atoms with E-state index in [1.54, 1.807) is 30.7 Å². The number of hydrogen-bond acceptors (Lipinski definition) is 6. The summed E-state index contributed by atoms with van der Waals surface area (Å²) in [6.07, 6.45) is 9.14. The number of benzene rings is 1. The number of amidine groups is 1. The molecule has 2 aromatic rings. The molecule has 1 fully saturated rings. The average Bonchev–Trinajstić information content (AvgIpc) is 3.39. The molecule has 4 N–H and O–H groups in total. The van der Waals surface area contributed by atoms with Crippen LogP contribution in [-0.4, -0.2) is 40.1 Å². The van der Waals surface area contributed by atoms with Crippen molar-refractivity contribution in [1.82, 2.24) is 10.3 Å². The first-order valence-corrected chi connectivity index (χ1v) is 10.3. The fourth-order valence-corrected chi connectivity index (χ4v) is 4.14. The molecule has 1 amide bonds. The van der Waals surface area contributed by atoms with Crippen molar-refractivity contribution in [2.75, 3.05) is 11.9 Å². The zero-order valence-electron chi connectivity index (χ0n) is 17.2. The standard InChI is InChI=1S/C23H23N7O/c1-15-8-10-27-20(13-15)28-23(31)17-6-4-16(5-7-17)22-29-21(18-3-2-9-26-18)19-14-25-11-12-30(19,22)24/h4-8,10-14,18,26H,2-3,9,24H2,1H3/p+1. The number of aromatic nitrogens is 1. The Kier molecular flexibility index (Phi) is 4.82. The van der Waals surface area contributed by atoms with Crippen LogP contribution in [0.25, 0.3) is 0 Å². The summed E-state index contributed by atoms with van der Waals surface area (Å²) in [6.45, 7) is 2.93.